The molecule has 3 rings (SSSR count). The molecule has 1 aliphatic heterocycles. The van der Waals surface area contributed by atoms with Crippen molar-refractivity contribution in [3.05, 3.63) is 0 Å². The molecule has 1 amide bonds. The number of carbonyl (C=O) groups excluding carboxylic acids is 1. The summed E-state index contributed by atoms with van der Waals surface area (Å²) in [5.74, 6) is 2.50. The second-order valence-corrected chi connectivity index (χ2v) is 6.65. The van der Waals surface area contributed by atoms with Crippen LogP contribution in [0.15, 0.2) is 0 Å². The van der Waals surface area contributed by atoms with E-state index < -0.39 is 0 Å². The molecule has 0 radical (unpaired) electrons. The Morgan fingerprint density at radius 1 is 1.00 bits per heavy atom. The molecular weight excluding hydrogens is 224 g/mol. The molecule has 0 aromatic rings. The lowest BCUT2D eigenvalue weighted by atomic mass is 9.67. The number of fused-ring (bicyclic) bond motifs is 1. The van der Waals surface area contributed by atoms with Gasteiger partial charge in [0.25, 0.3) is 0 Å². The van der Waals surface area contributed by atoms with E-state index in [2.05, 4.69) is 0 Å². The van der Waals surface area contributed by atoms with Gasteiger partial charge in [-0.1, -0.05) is 25.7 Å². The van der Waals surface area contributed by atoms with Crippen LogP contribution >= 0.6 is 0 Å². The van der Waals surface area contributed by atoms with E-state index in [1.165, 1.54) is 32.1 Å². The van der Waals surface area contributed by atoms with Gasteiger partial charge in [-0.2, -0.15) is 0 Å². The van der Waals surface area contributed by atoms with Crippen LogP contribution in [0.3, 0.4) is 0 Å². The van der Waals surface area contributed by atoms with E-state index in [-0.39, 0.29) is 6.04 Å². The van der Waals surface area contributed by atoms with Gasteiger partial charge >= 0.3 is 0 Å². The van der Waals surface area contributed by atoms with Crippen LogP contribution in [0.2, 0.25) is 0 Å². The zero-order valence-corrected chi connectivity index (χ0v) is 11.3. The molecular formula is C15H26N2O. The maximum absolute atomic E-state index is 12.5. The number of nitrogens with zero attached hydrogens (tertiary/aromatic N) is 1. The van der Waals surface area contributed by atoms with Crippen LogP contribution in [0.1, 0.15) is 51.4 Å². The third kappa shape index (κ3) is 2.42. The summed E-state index contributed by atoms with van der Waals surface area (Å²) in [5, 5.41) is 0. The molecule has 18 heavy (non-hydrogen) atoms. The van der Waals surface area contributed by atoms with E-state index in [1.54, 1.807) is 0 Å². The molecule has 3 fully saturated rings. The average molecular weight is 250 g/mol. The Bertz CT molecular complexity index is 318. The van der Waals surface area contributed by atoms with Crippen LogP contribution in [0.25, 0.3) is 0 Å². The van der Waals surface area contributed by atoms with E-state index >= 15 is 0 Å². The quantitative estimate of drug-likeness (QED) is 0.775. The number of likely N-dealkylation sites (tertiary alicyclic amines) is 1. The number of rotatable bonds is 1. The zero-order chi connectivity index (χ0) is 12.5. The third-order valence-electron chi connectivity index (χ3n) is 5.43. The van der Waals surface area contributed by atoms with E-state index in [9.17, 15) is 4.79 Å². The Labute approximate surface area is 110 Å². The first-order chi connectivity index (χ1) is 8.74. The molecule has 2 N–H and O–H groups in total. The number of amides is 1. The Balaban J connectivity index is 1.58. The highest BCUT2D eigenvalue weighted by Crippen LogP contribution is 2.43. The highest BCUT2D eigenvalue weighted by molar-refractivity contribution is 5.79. The predicted octanol–water partition coefficient (Wildman–Crippen LogP) is 2.15. The molecule has 0 bridgehead atoms. The molecule has 4 unspecified atom stereocenters. The summed E-state index contributed by atoms with van der Waals surface area (Å²) in [6, 6.07) is 0.222. The van der Waals surface area contributed by atoms with E-state index in [1.807, 2.05) is 4.90 Å². The van der Waals surface area contributed by atoms with Gasteiger partial charge in [0, 0.05) is 25.0 Å². The van der Waals surface area contributed by atoms with E-state index in [0.29, 0.717) is 11.8 Å². The van der Waals surface area contributed by atoms with Gasteiger partial charge in [-0.05, 0) is 37.5 Å². The number of carbonyl (C=O) groups is 1. The molecule has 3 aliphatic rings. The minimum atomic E-state index is 0.222. The first kappa shape index (κ1) is 12.5. The lowest BCUT2D eigenvalue weighted by molar-refractivity contribution is -0.136. The normalized spacial score (nSPS) is 40.6. The monoisotopic (exact) mass is 250 g/mol. The van der Waals surface area contributed by atoms with Gasteiger partial charge in [-0.3, -0.25) is 4.79 Å². The lowest BCUT2D eigenvalue weighted by Crippen LogP contribution is -2.40. The van der Waals surface area contributed by atoms with Crippen molar-refractivity contribution < 1.29 is 4.79 Å². The molecule has 3 heteroatoms. The SMILES string of the molecule is NC1CCN(C(=O)C2CCC3CCCCC3C2)C1. The largest absolute Gasteiger partial charge is 0.341 e. The summed E-state index contributed by atoms with van der Waals surface area (Å²) >= 11 is 0. The molecule has 102 valence electrons. The Kier molecular flexibility index (Phi) is 3.60. The fourth-order valence-electron chi connectivity index (χ4n) is 4.34. The van der Waals surface area contributed by atoms with Gasteiger partial charge in [-0.15, -0.1) is 0 Å². The van der Waals surface area contributed by atoms with Gasteiger partial charge < -0.3 is 10.6 Å². The molecule has 0 spiro atoms. The van der Waals surface area contributed by atoms with Crippen LogP contribution in [0.5, 0.6) is 0 Å². The van der Waals surface area contributed by atoms with Gasteiger partial charge in [-0.25, -0.2) is 0 Å². The second kappa shape index (κ2) is 5.20. The van der Waals surface area contributed by atoms with Crippen LogP contribution in [0, 0.1) is 17.8 Å². The molecule has 1 saturated heterocycles. The molecule has 2 aliphatic carbocycles. The summed E-state index contributed by atoms with van der Waals surface area (Å²) in [4.78, 5) is 14.5. The Morgan fingerprint density at radius 3 is 2.50 bits per heavy atom. The van der Waals surface area contributed by atoms with Crippen LogP contribution in [-0.4, -0.2) is 29.9 Å². The van der Waals surface area contributed by atoms with Crippen molar-refractivity contribution in [1.29, 1.82) is 0 Å². The fraction of sp³-hybridized carbons (Fsp3) is 0.933. The van der Waals surface area contributed by atoms with Crippen LogP contribution < -0.4 is 5.73 Å². The minimum absolute atomic E-state index is 0.222. The van der Waals surface area contributed by atoms with Crippen LogP contribution in [0.4, 0.5) is 0 Å². The molecule has 1 heterocycles. The first-order valence-electron chi connectivity index (χ1n) is 7.78. The topological polar surface area (TPSA) is 46.3 Å². The van der Waals surface area contributed by atoms with Crippen molar-refractivity contribution in [2.75, 3.05) is 13.1 Å². The summed E-state index contributed by atoms with van der Waals surface area (Å²) < 4.78 is 0. The predicted molar refractivity (Wildman–Crippen MR) is 72.0 cm³/mol. The van der Waals surface area contributed by atoms with Gasteiger partial charge in [0.05, 0.1) is 0 Å². The molecule has 3 nitrogen and oxygen atoms in total. The molecule has 0 aromatic heterocycles. The van der Waals surface area contributed by atoms with Crippen molar-refractivity contribution >= 4 is 5.91 Å². The number of hydrogen-bond donors (Lipinski definition) is 1. The van der Waals surface area contributed by atoms with Crippen molar-refractivity contribution in [3.63, 3.8) is 0 Å². The number of nitrogens with two attached hydrogens (primary N) is 1. The summed E-state index contributed by atoms with van der Waals surface area (Å²) in [6.45, 7) is 1.69. The fourth-order valence-corrected chi connectivity index (χ4v) is 4.34. The smallest absolute Gasteiger partial charge is 0.225 e. The Hall–Kier alpha value is -0.570. The van der Waals surface area contributed by atoms with Gasteiger partial charge in [0.1, 0.15) is 0 Å². The summed E-state index contributed by atoms with van der Waals surface area (Å²) in [5.41, 5.74) is 5.90. The van der Waals surface area contributed by atoms with Crippen LogP contribution in [-0.2, 0) is 4.79 Å². The van der Waals surface area contributed by atoms with E-state index in [4.69, 9.17) is 5.73 Å². The lowest BCUT2D eigenvalue weighted by Gasteiger charge is -2.39. The summed E-state index contributed by atoms with van der Waals surface area (Å²) in [6.07, 6.45) is 10.2. The van der Waals surface area contributed by atoms with Gasteiger partial charge in [0.2, 0.25) is 5.91 Å². The van der Waals surface area contributed by atoms with Crippen molar-refractivity contribution in [3.8, 4) is 0 Å². The maximum atomic E-state index is 12.5. The Morgan fingerprint density at radius 2 is 1.78 bits per heavy atom. The standard InChI is InChI=1S/C15H26N2O/c16-14-7-8-17(10-14)15(18)13-6-5-11-3-1-2-4-12(11)9-13/h11-14H,1-10,16H2. The van der Waals surface area contributed by atoms with Crippen molar-refractivity contribution in [2.24, 2.45) is 23.5 Å². The highest BCUT2D eigenvalue weighted by atomic mass is 16.2. The van der Waals surface area contributed by atoms with Crippen molar-refractivity contribution in [1.82, 2.24) is 4.90 Å². The molecule has 0 aromatic carbocycles. The van der Waals surface area contributed by atoms with E-state index in [0.717, 1.165) is 44.2 Å². The average Bonchev–Trinajstić information content (AvgIpc) is 2.84. The van der Waals surface area contributed by atoms with Gasteiger partial charge in [0.15, 0.2) is 0 Å². The molecule has 2 saturated carbocycles. The third-order valence-corrected chi connectivity index (χ3v) is 5.43. The maximum Gasteiger partial charge on any atom is 0.225 e. The number of hydrogen-bond acceptors (Lipinski definition) is 2. The first-order valence-corrected chi connectivity index (χ1v) is 7.78. The van der Waals surface area contributed by atoms with Crippen molar-refractivity contribution in [2.45, 2.75) is 57.4 Å². The second-order valence-electron chi connectivity index (χ2n) is 6.65. The highest BCUT2D eigenvalue weighted by Gasteiger charge is 2.37. The molecule has 4 atom stereocenters. The summed E-state index contributed by atoms with van der Waals surface area (Å²) in [7, 11) is 0. The zero-order valence-electron chi connectivity index (χ0n) is 11.3. The minimum Gasteiger partial charge on any atom is -0.341 e.